The molecular formula is C7H3Br2NS. The highest BCUT2D eigenvalue weighted by atomic mass is 79.9. The van der Waals surface area contributed by atoms with Gasteiger partial charge in [-0.3, -0.25) is 0 Å². The molecule has 0 spiro atoms. The number of aromatic nitrogens is 1. The van der Waals surface area contributed by atoms with Crippen molar-refractivity contribution in [3.8, 4) is 0 Å². The highest BCUT2D eigenvalue weighted by Gasteiger charge is 1.99. The summed E-state index contributed by atoms with van der Waals surface area (Å²) in [6.45, 7) is 0. The van der Waals surface area contributed by atoms with Crippen LogP contribution in [0.2, 0.25) is 0 Å². The first-order valence-electron chi connectivity index (χ1n) is 2.97. The van der Waals surface area contributed by atoms with Crippen LogP contribution in [0.5, 0.6) is 0 Å². The van der Waals surface area contributed by atoms with Gasteiger partial charge in [0.05, 0.1) is 10.2 Å². The topological polar surface area (TPSA) is 12.9 Å². The number of halogens is 2. The normalized spacial score (nSPS) is 10.7. The zero-order valence-electron chi connectivity index (χ0n) is 5.34. The minimum Gasteiger partial charge on any atom is -0.229 e. The monoisotopic (exact) mass is 291 g/mol. The van der Waals surface area contributed by atoms with Gasteiger partial charge < -0.3 is 0 Å². The molecule has 0 saturated heterocycles. The lowest BCUT2D eigenvalue weighted by atomic mass is 10.3. The Morgan fingerprint density at radius 3 is 2.91 bits per heavy atom. The maximum Gasteiger partial charge on any atom is 0.160 e. The van der Waals surface area contributed by atoms with Crippen molar-refractivity contribution >= 4 is 53.4 Å². The minimum absolute atomic E-state index is 0.936. The molecule has 1 nitrogen and oxygen atoms in total. The number of hydrogen-bond acceptors (Lipinski definition) is 2. The number of nitrogens with zero attached hydrogens (tertiary/aromatic N) is 1. The molecule has 0 N–H and O–H groups in total. The van der Waals surface area contributed by atoms with Crippen LogP contribution in [-0.4, -0.2) is 4.98 Å². The molecule has 56 valence electrons. The smallest absolute Gasteiger partial charge is 0.160 e. The third-order valence-electron chi connectivity index (χ3n) is 1.32. The van der Waals surface area contributed by atoms with Crippen molar-refractivity contribution in [2.75, 3.05) is 0 Å². The van der Waals surface area contributed by atoms with Gasteiger partial charge in [-0.05, 0) is 34.1 Å². The predicted molar refractivity (Wildman–Crippen MR) is 55.0 cm³/mol. The molecule has 0 aliphatic heterocycles. The summed E-state index contributed by atoms with van der Waals surface area (Å²) in [4.78, 5) is 4.27. The number of hydrogen-bond donors (Lipinski definition) is 0. The summed E-state index contributed by atoms with van der Waals surface area (Å²) < 4.78 is 3.23. The number of fused-ring (bicyclic) bond motifs is 1. The maximum atomic E-state index is 4.27. The lowest BCUT2D eigenvalue weighted by Gasteiger charge is -1.86. The molecular weight excluding hydrogens is 290 g/mol. The van der Waals surface area contributed by atoms with Crippen LogP contribution in [0.15, 0.2) is 26.6 Å². The highest BCUT2D eigenvalue weighted by molar-refractivity contribution is 9.11. The van der Waals surface area contributed by atoms with E-state index >= 15 is 0 Å². The summed E-state index contributed by atoms with van der Waals surface area (Å²) in [5.74, 6) is 0. The van der Waals surface area contributed by atoms with Crippen molar-refractivity contribution in [3.05, 3.63) is 26.6 Å². The van der Waals surface area contributed by atoms with Crippen LogP contribution in [0.25, 0.3) is 10.2 Å². The summed E-state index contributed by atoms with van der Waals surface area (Å²) in [6.07, 6.45) is 0. The molecule has 0 fully saturated rings. The van der Waals surface area contributed by atoms with E-state index in [-0.39, 0.29) is 0 Å². The largest absolute Gasteiger partial charge is 0.229 e. The number of rotatable bonds is 0. The fourth-order valence-corrected chi connectivity index (χ4v) is 2.83. The molecule has 0 amide bonds. The van der Waals surface area contributed by atoms with Crippen LogP contribution < -0.4 is 0 Å². The van der Waals surface area contributed by atoms with E-state index in [4.69, 9.17) is 0 Å². The Bertz CT molecular complexity index is 396. The molecule has 0 saturated carbocycles. The van der Waals surface area contributed by atoms with Crippen LogP contribution in [-0.2, 0) is 0 Å². The second-order valence-corrected chi connectivity index (χ2v) is 5.30. The van der Waals surface area contributed by atoms with Gasteiger partial charge >= 0.3 is 0 Å². The molecule has 0 aliphatic carbocycles. The second kappa shape index (κ2) is 2.84. The Kier molecular flexibility index (Phi) is 1.99. The van der Waals surface area contributed by atoms with E-state index in [1.165, 1.54) is 4.70 Å². The van der Waals surface area contributed by atoms with E-state index < -0.39 is 0 Å². The molecule has 0 bridgehead atoms. The summed E-state index contributed by atoms with van der Waals surface area (Å²) in [7, 11) is 0. The lowest BCUT2D eigenvalue weighted by Crippen LogP contribution is -1.65. The number of thiazole rings is 1. The van der Waals surface area contributed by atoms with Crippen LogP contribution in [0.1, 0.15) is 0 Å². The van der Waals surface area contributed by atoms with Gasteiger partial charge in [0.15, 0.2) is 3.92 Å². The quantitative estimate of drug-likeness (QED) is 0.719. The van der Waals surface area contributed by atoms with Gasteiger partial charge in [0, 0.05) is 4.47 Å². The molecule has 0 atom stereocenters. The van der Waals surface area contributed by atoms with E-state index in [0.717, 1.165) is 13.9 Å². The molecule has 0 radical (unpaired) electrons. The molecule has 2 aromatic rings. The Hall–Kier alpha value is 0.0700. The van der Waals surface area contributed by atoms with Crippen molar-refractivity contribution in [1.82, 2.24) is 4.98 Å². The first-order chi connectivity index (χ1) is 5.25. The maximum absolute atomic E-state index is 4.27. The summed E-state index contributed by atoms with van der Waals surface area (Å²) >= 11 is 8.39. The van der Waals surface area contributed by atoms with Gasteiger partial charge in [-0.1, -0.05) is 15.9 Å². The van der Waals surface area contributed by atoms with Gasteiger partial charge in [0.1, 0.15) is 0 Å². The highest BCUT2D eigenvalue weighted by Crippen LogP contribution is 2.28. The third-order valence-corrected chi connectivity index (χ3v) is 3.29. The number of benzene rings is 1. The van der Waals surface area contributed by atoms with Crippen LogP contribution in [0.4, 0.5) is 0 Å². The van der Waals surface area contributed by atoms with E-state index in [2.05, 4.69) is 42.9 Å². The van der Waals surface area contributed by atoms with Crippen molar-refractivity contribution in [2.45, 2.75) is 0 Å². The average molecular weight is 293 g/mol. The van der Waals surface area contributed by atoms with Gasteiger partial charge in [0.2, 0.25) is 0 Å². The molecule has 4 heteroatoms. The summed E-state index contributed by atoms with van der Waals surface area (Å²) in [5.41, 5.74) is 1.05. The first-order valence-corrected chi connectivity index (χ1v) is 5.37. The summed E-state index contributed by atoms with van der Waals surface area (Å²) in [5, 5.41) is 0. The Morgan fingerprint density at radius 1 is 1.27 bits per heavy atom. The van der Waals surface area contributed by atoms with Crippen molar-refractivity contribution < 1.29 is 0 Å². The zero-order chi connectivity index (χ0) is 7.84. The first kappa shape index (κ1) is 7.71. The van der Waals surface area contributed by atoms with Crippen LogP contribution >= 0.6 is 43.2 Å². The molecule has 11 heavy (non-hydrogen) atoms. The van der Waals surface area contributed by atoms with E-state index in [1.54, 1.807) is 11.3 Å². The van der Waals surface area contributed by atoms with Gasteiger partial charge in [-0.25, -0.2) is 4.98 Å². The van der Waals surface area contributed by atoms with E-state index in [9.17, 15) is 0 Å². The van der Waals surface area contributed by atoms with Gasteiger partial charge in [-0.15, -0.1) is 11.3 Å². The Labute approximate surface area is 84.7 Å². The molecule has 0 aliphatic rings. The molecule has 1 heterocycles. The lowest BCUT2D eigenvalue weighted by molar-refractivity contribution is 1.45. The zero-order valence-corrected chi connectivity index (χ0v) is 9.33. The third kappa shape index (κ3) is 1.48. The molecule has 1 aromatic heterocycles. The fraction of sp³-hybridized carbons (Fsp3) is 0. The fourth-order valence-electron chi connectivity index (χ4n) is 0.870. The SMILES string of the molecule is Brc1ccc2nc(Br)sc2c1. The average Bonchev–Trinajstić information content (AvgIpc) is 2.27. The van der Waals surface area contributed by atoms with Crippen LogP contribution in [0, 0.1) is 0 Å². The standard InChI is InChI=1S/C7H3Br2NS/c8-4-1-2-5-6(3-4)11-7(9)10-5/h1-3H. The van der Waals surface area contributed by atoms with Gasteiger partial charge in [0.25, 0.3) is 0 Å². The molecule has 0 unspecified atom stereocenters. The molecule has 1 aromatic carbocycles. The predicted octanol–water partition coefficient (Wildman–Crippen LogP) is 3.82. The second-order valence-electron chi connectivity index (χ2n) is 2.08. The Morgan fingerprint density at radius 2 is 2.09 bits per heavy atom. The van der Waals surface area contributed by atoms with E-state index in [0.29, 0.717) is 0 Å². The Balaban J connectivity index is 2.82. The minimum atomic E-state index is 0.936. The van der Waals surface area contributed by atoms with Crippen LogP contribution in [0.3, 0.4) is 0 Å². The summed E-state index contributed by atoms with van der Waals surface area (Å²) in [6, 6.07) is 6.06. The molecule has 2 rings (SSSR count). The van der Waals surface area contributed by atoms with Crippen molar-refractivity contribution in [1.29, 1.82) is 0 Å². The van der Waals surface area contributed by atoms with Gasteiger partial charge in [-0.2, -0.15) is 0 Å². The van der Waals surface area contributed by atoms with Crippen molar-refractivity contribution in [3.63, 3.8) is 0 Å². The van der Waals surface area contributed by atoms with E-state index in [1.807, 2.05) is 12.1 Å². The van der Waals surface area contributed by atoms with Crippen molar-refractivity contribution in [2.24, 2.45) is 0 Å².